The van der Waals surface area contributed by atoms with Crippen molar-refractivity contribution in [3.63, 3.8) is 0 Å². The van der Waals surface area contributed by atoms with E-state index in [1.54, 1.807) is 0 Å². The van der Waals surface area contributed by atoms with Crippen molar-refractivity contribution >= 4 is 54.3 Å². The van der Waals surface area contributed by atoms with Crippen molar-refractivity contribution in [2.24, 2.45) is 0 Å². The van der Waals surface area contributed by atoms with Crippen molar-refractivity contribution in [2.45, 2.75) is 0 Å². The Bertz CT molecular complexity index is 2860. The quantitative estimate of drug-likeness (QED) is 0.183. The molecule has 0 aliphatic carbocycles. The highest BCUT2D eigenvalue weighted by Gasteiger charge is 2.18. The first-order valence-electron chi connectivity index (χ1n) is 16.4. The maximum atomic E-state index is 6.54. The van der Waals surface area contributed by atoms with Crippen molar-refractivity contribution in [1.82, 2.24) is 15.0 Å². The van der Waals surface area contributed by atoms with Gasteiger partial charge in [0.15, 0.2) is 17.5 Å². The smallest absolute Gasteiger partial charge is 0.164 e. The molecular weight excluding hydrogens is 599 g/mol. The molecule has 10 aromatic rings. The molecule has 0 unspecified atom stereocenters. The summed E-state index contributed by atoms with van der Waals surface area (Å²) in [4.78, 5) is 15.2. The summed E-state index contributed by atoms with van der Waals surface area (Å²) in [5.41, 5.74) is 6.90. The molecule has 228 valence electrons. The second kappa shape index (κ2) is 11.0. The zero-order valence-electron chi connectivity index (χ0n) is 26.3. The van der Waals surface area contributed by atoms with E-state index in [0.29, 0.717) is 17.5 Å². The first-order chi connectivity index (χ1) is 24.3. The van der Waals surface area contributed by atoms with E-state index in [2.05, 4.69) is 115 Å². The van der Waals surface area contributed by atoms with E-state index in [1.807, 2.05) is 48.5 Å². The summed E-state index contributed by atoms with van der Waals surface area (Å²) in [7, 11) is 0. The number of hydrogen-bond acceptors (Lipinski definition) is 4. The van der Waals surface area contributed by atoms with Gasteiger partial charge in [0.2, 0.25) is 0 Å². The van der Waals surface area contributed by atoms with Gasteiger partial charge in [-0.25, -0.2) is 15.0 Å². The summed E-state index contributed by atoms with van der Waals surface area (Å²) < 4.78 is 6.54. The molecule has 8 aromatic carbocycles. The fourth-order valence-electron chi connectivity index (χ4n) is 7.18. The van der Waals surface area contributed by atoms with Crippen molar-refractivity contribution in [2.75, 3.05) is 0 Å². The number of furan rings is 1. The molecule has 0 aliphatic rings. The fourth-order valence-corrected chi connectivity index (χ4v) is 7.18. The second-order valence-corrected chi connectivity index (χ2v) is 12.4. The molecule has 10 rings (SSSR count). The van der Waals surface area contributed by atoms with Crippen molar-refractivity contribution in [1.29, 1.82) is 0 Å². The van der Waals surface area contributed by atoms with E-state index in [-0.39, 0.29) is 0 Å². The molecule has 49 heavy (non-hydrogen) atoms. The van der Waals surface area contributed by atoms with Gasteiger partial charge in [0.05, 0.1) is 0 Å². The lowest BCUT2D eigenvalue weighted by Crippen LogP contribution is -2.00. The van der Waals surface area contributed by atoms with Crippen molar-refractivity contribution < 1.29 is 4.42 Å². The highest BCUT2D eigenvalue weighted by Crippen LogP contribution is 2.42. The number of nitrogens with zero attached hydrogens (tertiary/aromatic N) is 3. The molecule has 0 aliphatic heterocycles. The van der Waals surface area contributed by atoms with E-state index in [4.69, 9.17) is 19.4 Å². The Morgan fingerprint density at radius 3 is 1.59 bits per heavy atom. The minimum absolute atomic E-state index is 0.632. The molecule has 2 heterocycles. The summed E-state index contributed by atoms with van der Waals surface area (Å²) >= 11 is 0. The van der Waals surface area contributed by atoms with E-state index < -0.39 is 0 Å². The van der Waals surface area contributed by atoms with Crippen LogP contribution in [-0.4, -0.2) is 15.0 Å². The molecule has 4 heteroatoms. The first kappa shape index (κ1) is 27.5. The highest BCUT2D eigenvalue weighted by molar-refractivity contribution is 6.32. The number of hydrogen-bond donors (Lipinski definition) is 0. The van der Waals surface area contributed by atoms with Gasteiger partial charge in [-0.2, -0.15) is 0 Å². The molecule has 0 atom stereocenters. The molecule has 4 nitrogen and oxygen atoms in total. The Morgan fingerprint density at radius 2 is 0.816 bits per heavy atom. The summed E-state index contributed by atoms with van der Waals surface area (Å²) in [5.74, 6) is 1.91. The van der Waals surface area contributed by atoms with Gasteiger partial charge in [-0.3, -0.25) is 0 Å². The molecule has 0 radical (unpaired) electrons. The average Bonchev–Trinajstić information content (AvgIpc) is 3.57. The maximum Gasteiger partial charge on any atom is 0.164 e. The molecular formula is C45H27N3O. The molecule has 0 saturated carbocycles. The normalized spacial score (nSPS) is 11.7. The standard InChI is InChI=1S/C45H27N3O/c1-3-12-28(13-4-1)30-16-11-17-31(26-30)44-46-43(29-14-5-2-6-15-29)47-45(48-44)32-22-23-34-37-24-25-38-35-19-9-10-21-40(35)49-42(38)41(37)36-20-8-7-18-33(36)39(34)27-32/h1-27H. The Morgan fingerprint density at radius 1 is 0.306 bits per heavy atom. The van der Waals surface area contributed by atoms with Crippen LogP contribution in [0.3, 0.4) is 0 Å². The predicted octanol–water partition coefficient (Wildman–Crippen LogP) is 11.9. The Hall–Kier alpha value is -6.65. The van der Waals surface area contributed by atoms with Gasteiger partial charge in [-0.05, 0) is 62.3 Å². The third-order valence-electron chi connectivity index (χ3n) is 9.50. The van der Waals surface area contributed by atoms with Gasteiger partial charge >= 0.3 is 0 Å². The lowest BCUT2D eigenvalue weighted by Gasteiger charge is -2.13. The Kier molecular flexibility index (Phi) is 6.15. The van der Waals surface area contributed by atoms with Gasteiger partial charge in [0, 0.05) is 32.8 Å². The summed E-state index contributed by atoms with van der Waals surface area (Å²) in [6, 6.07) is 56.8. The number of para-hydroxylation sites is 1. The summed E-state index contributed by atoms with van der Waals surface area (Å²) in [6.45, 7) is 0. The van der Waals surface area contributed by atoms with Gasteiger partial charge in [-0.15, -0.1) is 0 Å². The largest absolute Gasteiger partial charge is 0.455 e. The van der Waals surface area contributed by atoms with Gasteiger partial charge < -0.3 is 4.42 Å². The fraction of sp³-hybridized carbons (Fsp3) is 0. The third kappa shape index (κ3) is 4.49. The van der Waals surface area contributed by atoms with Crippen LogP contribution in [0.4, 0.5) is 0 Å². The van der Waals surface area contributed by atoms with Crippen LogP contribution < -0.4 is 0 Å². The molecule has 0 fully saturated rings. The van der Waals surface area contributed by atoms with E-state index in [9.17, 15) is 0 Å². The van der Waals surface area contributed by atoms with Gasteiger partial charge in [-0.1, -0.05) is 140 Å². The average molecular weight is 626 g/mol. The molecule has 0 spiro atoms. The number of fused-ring (bicyclic) bond motifs is 10. The SMILES string of the molecule is c1ccc(-c2cccc(-c3nc(-c4ccccc4)nc(-c4ccc5c(c4)c4ccccc4c4c5ccc5c6ccccc6oc54)n3)c2)cc1. The minimum atomic E-state index is 0.632. The zero-order valence-corrected chi connectivity index (χ0v) is 26.3. The Balaban J connectivity index is 1.20. The van der Waals surface area contributed by atoms with Crippen molar-refractivity contribution in [3.05, 3.63) is 164 Å². The van der Waals surface area contributed by atoms with E-state index >= 15 is 0 Å². The van der Waals surface area contributed by atoms with Crippen LogP contribution in [0, 0.1) is 0 Å². The zero-order chi connectivity index (χ0) is 32.3. The van der Waals surface area contributed by atoms with Crippen LogP contribution in [0.15, 0.2) is 168 Å². The molecule has 0 bridgehead atoms. The Labute approximate surface area is 282 Å². The topological polar surface area (TPSA) is 51.8 Å². The number of rotatable bonds is 4. The van der Waals surface area contributed by atoms with E-state index in [0.717, 1.165) is 82.1 Å². The summed E-state index contributed by atoms with van der Waals surface area (Å²) in [6.07, 6.45) is 0. The maximum absolute atomic E-state index is 6.54. The number of aromatic nitrogens is 3. The van der Waals surface area contributed by atoms with Crippen LogP contribution in [-0.2, 0) is 0 Å². The molecule has 0 saturated heterocycles. The van der Waals surface area contributed by atoms with Crippen LogP contribution in [0.2, 0.25) is 0 Å². The third-order valence-corrected chi connectivity index (χ3v) is 9.50. The van der Waals surface area contributed by atoms with Crippen LogP contribution in [0.5, 0.6) is 0 Å². The monoisotopic (exact) mass is 625 g/mol. The molecule has 0 amide bonds. The van der Waals surface area contributed by atoms with Gasteiger partial charge in [0.25, 0.3) is 0 Å². The predicted molar refractivity (Wildman–Crippen MR) is 201 cm³/mol. The van der Waals surface area contributed by atoms with Crippen molar-refractivity contribution in [3.8, 4) is 45.3 Å². The van der Waals surface area contributed by atoms with Crippen LogP contribution >= 0.6 is 0 Å². The first-order valence-corrected chi connectivity index (χ1v) is 16.4. The highest BCUT2D eigenvalue weighted by atomic mass is 16.3. The molecule has 2 aromatic heterocycles. The second-order valence-electron chi connectivity index (χ2n) is 12.4. The minimum Gasteiger partial charge on any atom is -0.455 e. The number of benzene rings is 8. The van der Waals surface area contributed by atoms with Crippen LogP contribution in [0.1, 0.15) is 0 Å². The van der Waals surface area contributed by atoms with Gasteiger partial charge in [0.1, 0.15) is 11.2 Å². The van der Waals surface area contributed by atoms with Crippen LogP contribution in [0.25, 0.3) is 99.5 Å². The van der Waals surface area contributed by atoms with E-state index in [1.165, 1.54) is 0 Å². The summed E-state index contributed by atoms with van der Waals surface area (Å²) in [5, 5.41) is 9.18. The lowest BCUT2D eigenvalue weighted by atomic mass is 9.92. The molecule has 0 N–H and O–H groups in total. The lowest BCUT2D eigenvalue weighted by molar-refractivity contribution is 0.673.